The maximum absolute atomic E-state index is 12.9. The zero-order chi connectivity index (χ0) is 19.1. The van der Waals surface area contributed by atoms with Crippen molar-refractivity contribution in [2.24, 2.45) is 0 Å². The lowest BCUT2D eigenvalue weighted by atomic mass is 10.2. The van der Waals surface area contributed by atoms with Gasteiger partial charge in [0, 0.05) is 44.4 Å². The number of carbonyl (C=O) groups excluding carboxylic acids is 1. The number of likely N-dealkylation sites (N-methyl/N-ethyl adjacent to an activating group) is 1. The van der Waals surface area contributed by atoms with E-state index in [1.807, 2.05) is 25.2 Å². The molecule has 0 bridgehead atoms. The molecule has 138 valence electrons. The molecule has 1 aromatic carbocycles. The SMILES string of the molecule is CN(CCc1ccncc1)c1ccnc(C(=O)NCc2ccc(F)cc2)c1. The van der Waals surface area contributed by atoms with Crippen molar-refractivity contribution in [3.8, 4) is 0 Å². The fourth-order valence-corrected chi connectivity index (χ4v) is 2.63. The summed E-state index contributed by atoms with van der Waals surface area (Å²) < 4.78 is 12.9. The second kappa shape index (κ2) is 8.89. The molecule has 1 amide bonds. The van der Waals surface area contributed by atoms with E-state index in [1.165, 1.54) is 17.7 Å². The molecule has 2 heterocycles. The molecule has 0 saturated carbocycles. The molecule has 5 nitrogen and oxygen atoms in total. The number of amides is 1. The van der Waals surface area contributed by atoms with Crippen LogP contribution in [-0.4, -0.2) is 29.5 Å². The average molecular weight is 364 g/mol. The van der Waals surface area contributed by atoms with E-state index in [9.17, 15) is 9.18 Å². The number of halogens is 1. The zero-order valence-corrected chi connectivity index (χ0v) is 15.1. The molecule has 0 unspecified atom stereocenters. The van der Waals surface area contributed by atoms with Crippen LogP contribution in [0.5, 0.6) is 0 Å². The molecule has 3 rings (SSSR count). The van der Waals surface area contributed by atoms with Crippen molar-refractivity contribution in [2.75, 3.05) is 18.5 Å². The second-order valence-corrected chi connectivity index (χ2v) is 6.24. The van der Waals surface area contributed by atoms with Gasteiger partial charge in [-0.15, -0.1) is 0 Å². The molecule has 0 atom stereocenters. The lowest BCUT2D eigenvalue weighted by Gasteiger charge is -2.19. The molecule has 1 N–H and O–H groups in total. The van der Waals surface area contributed by atoms with Gasteiger partial charge in [0.1, 0.15) is 11.5 Å². The number of aromatic nitrogens is 2. The minimum Gasteiger partial charge on any atom is -0.374 e. The topological polar surface area (TPSA) is 58.1 Å². The van der Waals surface area contributed by atoms with Gasteiger partial charge < -0.3 is 10.2 Å². The van der Waals surface area contributed by atoms with Crippen molar-refractivity contribution in [3.63, 3.8) is 0 Å². The third-order valence-corrected chi connectivity index (χ3v) is 4.27. The zero-order valence-electron chi connectivity index (χ0n) is 15.1. The summed E-state index contributed by atoms with van der Waals surface area (Å²) in [5.74, 6) is -0.557. The first-order valence-corrected chi connectivity index (χ1v) is 8.70. The Bertz CT molecular complexity index is 884. The molecular weight excluding hydrogens is 343 g/mol. The summed E-state index contributed by atoms with van der Waals surface area (Å²) in [6.45, 7) is 1.13. The van der Waals surface area contributed by atoms with Gasteiger partial charge in [-0.1, -0.05) is 12.1 Å². The van der Waals surface area contributed by atoms with Crippen molar-refractivity contribution >= 4 is 11.6 Å². The molecule has 2 aromatic heterocycles. The van der Waals surface area contributed by atoms with Crippen LogP contribution in [0.25, 0.3) is 0 Å². The second-order valence-electron chi connectivity index (χ2n) is 6.24. The first-order valence-electron chi connectivity index (χ1n) is 8.70. The predicted molar refractivity (Wildman–Crippen MR) is 103 cm³/mol. The Morgan fingerprint density at radius 1 is 1.04 bits per heavy atom. The quantitative estimate of drug-likeness (QED) is 0.699. The summed E-state index contributed by atoms with van der Waals surface area (Å²) in [4.78, 5) is 22.6. The van der Waals surface area contributed by atoms with Crippen LogP contribution in [0.4, 0.5) is 10.1 Å². The van der Waals surface area contributed by atoms with Gasteiger partial charge in [0.25, 0.3) is 5.91 Å². The van der Waals surface area contributed by atoms with Crippen LogP contribution >= 0.6 is 0 Å². The Hall–Kier alpha value is -3.28. The molecule has 0 radical (unpaired) electrons. The molecular formula is C21H21FN4O. The molecule has 0 saturated heterocycles. The van der Waals surface area contributed by atoms with Crippen LogP contribution in [0.3, 0.4) is 0 Å². The van der Waals surface area contributed by atoms with E-state index < -0.39 is 0 Å². The van der Waals surface area contributed by atoms with Crippen LogP contribution in [0.15, 0.2) is 67.1 Å². The predicted octanol–water partition coefficient (Wildman–Crippen LogP) is 3.22. The maximum Gasteiger partial charge on any atom is 0.270 e. The summed E-state index contributed by atoms with van der Waals surface area (Å²) in [5.41, 5.74) is 3.31. The fraction of sp³-hybridized carbons (Fsp3) is 0.190. The van der Waals surface area contributed by atoms with Gasteiger partial charge in [0.15, 0.2) is 0 Å². The van der Waals surface area contributed by atoms with E-state index >= 15 is 0 Å². The summed E-state index contributed by atoms with van der Waals surface area (Å²) >= 11 is 0. The number of nitrogens with one attached hydrogen (secondary N) is 1. The third kappa shape index (κ3) is 5.34. The first-order chi connectivity index (χ1) is 13.1. The number of benzene rings is 1. The highest BCUT2D eigenvalue weighted by Crippen LogP contribution is 2.14. The van der Waals surface area contributed by atoms with E-state index in [-0.39, 0.29) is 11.7 Å². The molecule has 0 aliphatic carbocycles. The van der Waals surface area contributed by atoms with Gasteiger partial charge in [0.2, 0.25) is 0 Å². The number of anilines is 1. The highest BCUT2D eigenvalue weighted by Gasteiger charge is 2.10. The van der Waals surface area contributed by atoms with Gasteiger partial charge in [-0.2, -0.15) is 0 Å². The minimum absolute atomic E-state index is 0.260. The van der Waals surface area contributed by atoms with Crippen LogP contribution in [-0.2, 0) is 13.0 Å². The monoisotopic (exact) mass is 364 g/mol. The van der Waals surface area contributed by atoms with Crippen molar-refractivity contribution in [1.29, 1.82) is 0 Å². The molecule has 0 aliphatic rings. The molecule has 27 heavy (non-hydrogen) atoms. The van der Waals surface area contributed by atoms with Crippen LogP contribution < -0.4 is 10.2 Å². The fourth-order valence-electron chi connectivity index (χ4n) is 2.63. The van der Waals surface area contributed by atoms with Crippen LogP contribution in [0.1, 0.15) is 21.6 Å². The lowest BCUT2D eigenvalue weighted by Crippen LogP contribution is -2.25. The number of hydrogen-bond donors (Lipinski definition) is 1. The van der Waals surface area contributed by atoms with E-state index in [0.717, 1.165) is 24.2 Å². The van der Waals surface area contributed by atoms with Crippen molar-refractivity contribution < 1.29 is 9.18 Å². The van der Waals surface area contributed by atoms with Crippen LogP contribution in [0, 0.1) is 5.82 Å². The van der Waals surface area contributed by atoms with Gasteiger partial charge in [-0.3, -0.25) is 14.8 Å². The molecule has 0 fully saturated rings. The number of carbonyl (C=O) groups is 1. The van der Waals surface area contributed by atoms with Crippen molar-refractivity contribution in [3.05, 3.63) is 89.8 Å². The van der Waals surface area contributed by atoms with E-state index in [4.69, 9.17) is 0 Å². The summed E-state index contributed by atoms with van der Waals surface area (Å²) in [7, 11) is 1.98. The number of hydrogen-bond acceptors (Lipinski definition) is 4. The highest BCUT2D eigenvalue weighted by molar-refractivity contribution is 5.93. The minimum atomic E-state index is -0.297. The Kier molecular flexibility index (Phi) is 6.10. The third-order valence-electron chi connectivity index (χ3n) is 4.27. The normalized spacial score (nSPS) is 10.4. The summed E-state index contributed by atoms with van der Waals surface area (Å²) in [5, 5.41) is 2.81. The van der Waals surface area contributed by atoms with E-state index in [1.54, 1.807) is 36.8 Å². The van der Waals surface area contributed by atoms with Gasteiger partial charge >= 0.3 is 0 Å². The summed E-state index contributed by atoms with van der Waals surface area (Å²) in [6.07, 6.45) is 6.08. The lowest BCUT2D eigenvalue weighted by molar-refractivity contribution is 0.0946. The highest BCUT2D eigenvalue weighted by atomic mass is 19.1. The van der Waals surface area contributed by atoms with Gasteiger partial charge in [-0.05, 0) is 53.9 Å². The van der Waals surface area contributed by atoms with Gasteiger partial charge in [-0.25, -0.2) is 4.39 Å². The standard InChI is InChI=1S/C21H21FN4O/c1-26(13-9-16-6-10-23-11-7-16)19-8-12-24-20(14-19)21(27)25-15-17-2-4-18(22)5-3-17/h2-8,10-12,14H,9,13,15H2,1H3,(H,25,27). The molecule has 6 heteroatoms. The van der Waals surface area contributed by atoms with Gasteiger partial charge in [0.05, 0.1) is 0 Å². The number of rotatable bonds is 7. The summed E-state index contributed by atoms with van der Waals surface area (Å²) in [6, 6.07) is 13.7. The number of pyridine rings is 2. The molecule has 3 aromatic rings. The molecule has 0 spiro atoms. The maximum atomic E-state index is 12.9. The van der Waals surface area contributed by atoms with E-state index in [2.05, 4.69) is 20.2 Å². The Balaban J connectivity index is 1.58. The largest absolute Gasteiger partial charge is 0.374 e. The Morgan fingerprint density at radius 3 is 2.52 bits per heavy atom. The number of nitrogens with zero attached hydrogens (tertiary/aromatic N) is 3. The average Bonchev–Trinajstić information content (AvgIpc) is 2.72. The molecule has 0 aliphatic heterocycles. The van der Waals surface area contributed by atoms with Crippen molar-refractivity contribution in [2.45, 2.75) is 13.0 Å². The van der Waals surface area contributed by atoms with Crippen LogP contribution in [0.2, 0.25) is 0 Å². The first kappa shape index (κ1) is 18.5. The Morgan fingerprint density at radius 2 is 1.78 bits per heavy atom. The smallest absolute Gasteiger partial charge is 0.270 e. The Labute approximate surface area is 157 Å². The van der Waals surface area contributed by atoms with Crippen molar-refractivity contribution in [1.82, 2.24) is 15.3 Å². The van der Waals surface area contributed by atoms with E-state index in [0.29, 0.717) is 12.2 Å².